The fraction of sp³-hybridized carbons (Fsp3) is 0.577. The standard InChI is InChI=1S/C26H33F4N5O5/c27-20-4-2-1-3-18(20)15-19(31)16-22(36)34-5-6-35-21(17-34)23(32-25(35)26(28,29)30)24(37)40-14-13-39-12-9-33-7-10-38-11-8-33/h1-4,19H,5-17,31H2. The summed E-state index contributed by atoms with van der Waals surface area (Å²) in [5.74, 6) is -3.10. The Morgan fingerprint density at radius 2 is 1.82 bits per heavy atom. The quantitative estimate of drug-likeness (QED) is 0.247. The van der Waals surface area contributed by atoms with Gasteiger partial charge in [-0.05, 0) is 18.1 Å². The first-order valence-electron chi connectivity index (χ1n) is 13.1. The third-order valence-electron chi connectivity index (χ3n) is 6.80. The lowest BCUT2D eigenvalue weighted by molar-refractivity contribution is -0.148. The van der Waals surface area contributed by atoms with Crippen LogP contribution in [0, 0.1) is 5.82 Å². The van der Waals surface area contributed by atoms with E-state index < -0.39 is 41.4 Å². The van der Waals surface area contributed by atoms with Crippen LogP contribution in [0.5, 0.6) is 0 Å². The normalized spacial score (nSPS) is 17.0. The average molecular weight is 572 g/mol. The average Bonchev–Trinajstić information content (AvgIpc) is 3.32. The van der Waals surface area contributed by atoms with Crippen LogP contribution >= 0.6 is 0 Å². The first kappa shape index (κ1) is 29.9. The van der Waals surface area contributed by atoms with E-state index in [9.17, 15) is 27.2 Å². The molecule has 2 aromatic rings. The van der Waals surface area contributed by atoms with Gasteiger partial charge in [-0.3, -0.25) is 9.69 Å². The lowest BCUT2D eigenvalue weighted by atomic mass is 10.0. The molecule has 0 aliphatic carbocycles. The van der Waals surface area contributed by atoms with Crippen molar-refractivity contribution in [1.29, 1.82) is 0 Å². The van der Waals surface area contributed by atoms with Crippen molar-refractivity contribution in [2.45, 2.75) is 38.1 Å². The number of nitrogens with two attached hydrogens (primary N) is 1. The molecule has 1 amide bonds. The molecule has 4 rings (SSSR count). The summed E-state index contributed by atoms with van der Waals surface area (Å²) < 4.78 is 71.8. The molecule has 220 valence electrons. The predicted molar refractivity (Wildman–Crippen MR) is 134 cm³/mol. The number of carbonyl (C=O) groups is 2. The van der Waals surface area contributed by atoms with Crippen LogP contribution in [0.3, 0.4) is 0 Å². The molecular weight excluding hydrogens is 538 g/mol. The molecule has 0 spiro atoms. The molecule has 0 saturated carbocycles. The minimum Gasteiger partial charge on any atom is -0.458 e. The summed E-state index contributed by atoms with van der Waals surface area (Å²) >= 11 is 0. The van der Waals surface area contributed by atoms with E-state index in [4.69, 9.17) is 19.9 Å². The predicted octanol–water partition coefficient (Wildman–Crippen LogP) is 1.85. The molecule has 40 heavy (non-hydrogen) atoms. The lowest BCUT2D eigenvalue weighted by Crippen LogP contribution is -2.42. The fourth-order valence-electron chi connectivity index (χ4n) is 4.71. The molecule has 0 bridgehead atoms. The highest BCUT2D eigenvalue weighted by Gasteiger charge is 2.42. The van der Waals surface area contributed by atoms with Crippen molar-refractivity contribution in [3.63, 3.8) is 0 Å². The van der Waals surface area contributed by atoms with Gasteiger partial charge in [-0.2, -0.15) is 13.2 Å². The van der Waals surface area contributed by atoms with E-state index in [0.717, 1.165) is 17.7 Å². The lowest BCUT2D eigenvalue weighted by Gasteiger charge is -2.30. The molecule has 1 aromatic carbocycles. The third kappa shape index (κ3) is 7.77. The van der Waals surface area contributed by atoms with Gasteiger partial charge in [0.25, 0.3) is 0 Å². The molecule has 1 fully saturated rings. The van der Waals surface area contributed by atoms with Gasteiger partial charge in [-0.25, -0.2) is 14.2 Å². The van der Waals surface area contributed by atoms with Crippen molar-refractivity contribution in [2.24, 2.45) is 5.73 Å². The summed E-state index contributed by atoms with van der Waals surface area (Å²) in [5.41, 5.74) is 5.88. The Balaban J connectivity index is 1.34. The van der Waals surface area contributed by atoms with Crippen LogP contribution in [0.4, 0.5) is 17.6 Å². The molecule has 3 heterocycles. The van der Waals surface area contributed by atoms with Crippen LogP contribution in [0.15, 0.2) is 24.3 Å². The van der Waals surface area contributed by atoms with Gasteiger partial charge < -0.3 is 29.4 Å². The molecule has 14 heteroatoms. The third-order valence-corrected chi connectivity index (χ3v) is 6.80. The zero-order valence-electron chi connectivity index (χ0n) is 22.0. The molecule has 2 N–H and O–H groups in total. The molecule has 1 atom stereocenters. The van der Waals surface area contributed by atoms with Crippen molar-refractivity contribution in [3.8, 4) is 0 Å². The first-order chi connectivity index (χ1) is 19.1. The van der Waals surface area contributed by atoms with Gasteiger partial charge in [-0.1, -0.05) is 18.2 Å². The molecule has 2 aliphatic rings. The summed E-state index contributed by atoms with van der Waals surface area (Å²) in [6.07, 6.45) is -4.82. The first-order valence-corrected chi connectivity index (χ1v) is 13.1. The number of hydrogen-bond donors (Lipinski definition) is 1. The summed E-state index contributed by atoms with van der Waals surface area (Å²) in [7, 11) is 0. The highest BCUT2D eigenvalue weighted by Crippen LogP contribution is 2.32. The number of alkyl halides is 3. The number of aromatic nitrogens is 2. The van der Waals surface area contributed by atoms with Crippen molar-refractivity contribution in [1.82, 2.24) is 19.4 Å². The molecule has 0 radical (unpaired) electrons. The van der Waals surface area contributed by atoms with Crippen molar-refractivity contribution in [2.75, 3.05) is 59.2 Å². The number of carbonyl (C=O) groups excluding carboxylic acids is 2. The Bertz CT molecular complexity index is 1170. The van der Waals surface area contributed by atoms with E-state index in [-0.39, 0.29) is 51.4 Å². The highest BCUT2D eigenvalue weighted by atomic mass is 19.4. The minimum absolute atomic E-state index is 0.0246. The molecule has 1 saturated heterocycles. The number of esters is 1. The Morgan fingerprint density at radius 3 is 2.55 bits per heavy atom. The van der Waals surface area contributed by atoms with Gasteiger partial charge in [0.05, 0.1) is 38.7 Å². The fourth-order valence-corrected chi connectivity index (χ4v) is 4.71. The van der Waals surface area contributed by atoms with Crippen LogP contribution in [0.25, 0.3) is 0 Å². The van der Waals surface area contributed by atoms with Crippen LogP contribution < -0.4 is 5.73 Å². The number of fused-ring (bicyclic) bond motifs is 1. The number of imidazole rings is 1. The van der Waals surface area contributed by atoms with E-state index in [2.05, 4.69) is 9.88 Å². The summed E-state index contributed by atoms with van der Waals surface area (Å²) in [4.78, 5) is 32.7. The Morgan fingerprint density at radius 1 is 1.07 bits per heavy atom. The zero-order valence-corrected chi connectivity index (χ0v) is 22.0. The largest absolute Gasteiger partial charge is 0.458 e. The SMILES string of the molecule is NC(CC(=O)N1CCn2c(C(F)(F)F)nc(C(=O)OCCOCCN3CCOCC3)c2C1)Cc1ccccc1F. The molecule has 2 aliphatic heterocycles. The molecule has 1 aromatic heterocycles. The monoisotopic (exact) mass is 571 g/mol. The van der Waals surface area contributed by atoms with E-state index >= 15 is 0 Å². The van der Waals surface area contributed by atoms with Crippen LogP contribution in [0.1, 0.15) is 34.0 Å². The number of hydrogen-bond acceptors (Lipinski definition) is 8. The highest BCUT2D eigenvalue weighted by molar-refractivity contribution is 5.89. The van der Waals surface area contributed by atoms with Crippen LogP contribution in [0.2, 0.25) is 0 Å². The number of ether oxygens (including phenoxy) is 3. The van der Waals surface area contributed by atoms with Crippen molar-refractivity contribution < 1.29 is 41.4 Å². The summed E-state index contributed by atoms with van der Waals surface area (Å²) in [5, 5.41) is 0. The zero-order chi connectivity index (χ0) is 28.7. The second kappa shape index (κ2) is 13.5. The summed E-state index contributed by atoms with van der Waals surface area (Å²) in [6, 6.07) is 5.38. The van der Waals surface area contributed by atoms with Gasteiger partial charge in [-0.15, -0.1) is 0 Å². The summed E-state index contributed by atoms with van der Waals surface area (Å²) in [6.45, 7) is 3.45. The van der Waals surface area contributed by atoms with Crippen LogP contribution in [-0.2, 0) is 44.7 Å². The number of morpholine rings is 1. The smallest absolute Gasteiger partial charge is 0.449 e. The van der Waals surface area contributed by atoms with Gasteiger partial charge in [0.1, 0.15) is 12.4 Å². The van der Waals surface area contributed by atoms with E-state index in [1.165, 1.54) is 11.0 Å². The molecular formula is C26H33F4N5O5. The Hall–Kier alpha value is -3.07. The second-order valence-corrected chi connectivity index (χ2v) is 9.66. The maximum Gasteiger partial charge on any atom is 0.449 e. The van der Waals surface area contributed by atoms with Gasteiger partial charge in [0, 0.05) is 45.2 Å². The van der Waals surface area contributed by atoms with E-state index in [1.807, 2.05) is 0 Å². The van der Waals surface area contributed by atoms with Gasteiger partial charge >= 0.3 is 12.1 Å². The van der Waals surface area contributed by atoms with E-state index in [0.29, 0.717) is 31.9 Å². The topological polar surface area (TPSA) is 112 Å². The number of nitrogens with zero attached hydrogens (tertiary/aromatic N) is 4. The van der Waals surface area contributed by atoms with Gasteiger partial charge in [0.2, 0.25) is 11.7 Å². The van der Waals surface area contributed by atoms with Gasteiger partial charge in [0.15, 0.2) is 5.69 Å². The van der Waals surface area contributed by atoms with Crippen molar-refractivity contribution in [3.05, 3.63) is 52.9 Å². The maximum absolute atomic E-state index is 13.9. The number of halogens is 4. The Labute approximate surface area is 229 Å². The Kier molecular flexibility index (Phi) is 10.1. The number of amides is 1. The minimum atomic E-state index is -4.80. The van der Waals surface area contributed by atoms with E-state index in [1.54, 1.807) is 18.2 Å². The number of rotatable bonds is 11. The number of benzene rings is 1. The molecule has 1 unspecified atom stereocenters. The molecule has 10 nitrogen and oxygen atoms in total. The maximum atomic E-state index is 13.9. The van der Waals surface area contributed by atoms with Crippen LogP contribution in [-0.4, -0.2) is 96.5 Å². The van der Waals surface area contributed by atoms with Crippen molar-refractivity contribution >= 4 is 11.9 Å². The second-order valence-electron chi connectivity index (χ2n) is 9.66.